The molecule has 30 heavy (non-hydrogen) atoms. The molecule has 2 heterocycles. The van der Waals surface area contributed by atoms with Gasteiger partial charge in [0.15, 0.2) is 11.5 Å². The summed E-state index contributed by atoms with van der Waals surface area (Å²) >= 11 is 0. The Morgan fingerprint density at radius 2 is 1.87 bits per heavy atom. The van der Waals surface area contributed by atoms with Crippen LogP contribution in [0.25, 0.3) is 0 Å². The van der Waals surface area contributed by atoms with E-state index in [9.17, 15) is 14.0 Å². The number of rotatable bonds is 4. The predicted molar refractivity (Wildman–Crippen MR) is 109 cm³/mol. The Morgan fingerprint density at radius 3 is 2.70 bits per heavy atom. The van der Waals surface area contributed by atoms with E-state index in [0.717, 1.165) is 42.9 Å². The van der Waals surface area contributed by atoms with Crippen LogP contribution in [0, 0.1) is 5.82 Å². The standard InChI is InChI=1S/C22H24FN3O4/c23-16-5-1-2-6-17(16)24-22(28)25-21(27)14-26-10-3-7-18(26)15-8-9-19-20(13-15)30-12-4-11-29-19/h1-2,5-6,8-9,13,18H,3-4,7,10-12,14H2,(H2,24,25,27,28)/t18-/m0/s1. The third kappa shape index (κ3) is 4.71. The Labute approximate surface area is 174 Å². The molecule has 1 fully saturated rings. The number of carbonyl (C=O) groups is 2. The number of urea groups is 1. The minimum Gasteiger partial charge on any atom is -0.490 e. The quantitative estimate of drug-likeness (QED) is 0.802. The van der Waals surface area contributed by atoms with Gasteiger partial charge in [0.05, 0.1) is 25.4 Å². The number of likely N-dealkylation sites (tertiary alicyclic amines) is 1. The number of anilines is 1. The molecule has 0 unspecified atom stereocenters. The molecule has 2 aromatic carbocycles. The largest absolute Gasteiger partial charge is 0.490 e. The Balaban J connectivity index is 1.37. The number of imide groups is 1. The van der Waals surface area contributed by atoms with Crippen LogP contribution in [-0.4, -0.2) is 43.1 Å². The molecular formula is C22H24FN3O4. The average molecular weight is 413 g/mol. The summed E-state index contributed by atoms with van der Waals surface area (Å²) in [5.74, 6) is 0.466. The fourth-order valence-corrected chi connectivity index (χ4v) is 3.85. The third-order valence-electron chi connectivity index (χ3n) is 5.24. The molecule has 1 atom stereocenters. The van der Waals surface area contributed by atoms with Gasteiger partial charge in [0.1, 0.15) is 5.82 Å². The Bertz CT molecular complexity index is 936. The number of para-hydroxylation sites is 1. The molecule has 7 nitrogen and oxygen atoms in total. The van der Waals surface area contributed by atoms with E-state index in [4.69, 9.17) is 9.47 Å². The van der Waals surface area contributed by atoms with Gasteiger partial charge in [-0.1, -0.05) is 18.2 Å². The second-order valence-electron chi connectivity index (χ2n) is 7.37. The van der Waals surface area contributed by atoms with Crippen molar-refractivity contribution in [1.29, 1.82) is 0 Å². The highest BCUT2D eigenvalue weighted by Crippen LogP contribution is 2.37. The van der Waals surface area contributed by atoms with E-state index in [2.05, 4.69) is 10.6 Å². The van der Waals surface area contributed by atoms with E-state index >= 15 is 0 Å². The van der Waals surface area contributed by atoms with Crippen molar-refractivity contribution in [2.75, 3.05) is 31.6 Å². The summed E-state index contributed by atoms with van der Waals surface area (Å²) in [7, 11) is 0. The maximum atomic E-state index is 13.6. The van der Waals surface area contributed by atoms with Crippen molar-refractivity contribution in [3.63, 3.8) is 0 Å². The van der Waals surface area contributed by atoms with Gasteiger partial charge >= 0.3 is 6.03 Å². The molecule has 0 radical (unpaired) electrons. The summed E-state index contributed by atoms with van der Waals surface area (Å²) in [6, 6.07) is 11.0. The topological polar surface area (TPSA) is 79.9 Å². The van der Waals surface area contributed by atoms with Gasteiger partial charge in [-0.05, 0) is 49.2 Å². The van der Waals surface area contributed by atoms with Gasteiger partial charge in [-0.2, -0.15) is 0 Å². The van der Waals surface area contributed by atoms with Gasteiger partial charge in [0.2, 0.25) is 5.91 Å². The first-order chi connectivity index (χ1) is 14.6. The van der Waals surface area contributed by atoms with Gasteiger partial charge in [0.25, 0.3) is 0 Å². The molecule has 0 spiro atoms. The number of halogens is 1. The zero-order valence-corrected chi connectivity index (χ0v) is 16.5. The van der Waals surface area contributed by atoms with Crippen LogP contribution in [-0.2, 0) is 4.79 Å². The molecule has 0 bridgehead atoms. The molecular weight excluding hydrogens is 389 g/mol. The van der Waals surface area contributed by atoms with E-state index in [1.807, 2.05) is 23.1 Å². The normalized spacial score (nSPS) is 18.5. The lowest BCUT2D eigenvalue weighted by Gasteiger charge is -2.24. The molecule has 3 amide bonds. The highest BCUT2D eigenvalue weighted by molar-refractivity contribution is 6.01. The van der Waals surface area contributed by atoms with Gasteiger partial charge < -0.3 is 14.8 Å². The molecule has 2 aliphatic rings. The summed E-state index contributed by atoms with van der Waals surface area (Å²) in [5, 5.41) is 4.62. The minimum absolute atomic E-state index is 0.0223. The van der Waals surface area contributed by atoms with Crippen LogP contribution < -0.4 is 20.1 Å². The van der Waals surface area contributed by atoms with Crippen LogP contribution in [0.15, 0.2) is 42.5 Å². The number of nitrogens with one attached hydrogen (secondary N) is 2. The lowest BCUT2D eigenvalue weighted by atomic mass is 10.0. The summed E-state index contributed by atoms with van der Waals surface area (Å²) < 4.78 is 25.1. The van der Waals surface area contributed by atoms with Gasteiger partial charge in [0, 0.05) is 12.5 Å². The monoisotopic (exact) mass is 413 g/mol. The number of fused-ring (bicyclic) bond motifs is 1. The summed E-state index contributed by atoms with van der Waals surface area (Å²) in [5.41, 5.74) is 1.08. The van der Waals surface area contributed by atoms with Crippen molar-refractivity contribution in [3.8, 4) is 11.5 Å². The number of hydrogen-bond acceptors (Lipinski definition) is 5. The van der Waals surface area contributed by atoms with Crippen LogP contribution in [0.1, 0.15) is 30.9 Å². The molecule has 0 aromatic heterocycles. The highest BCUT2D eigenvalue weighted by atomic mass is 19.1. The van der Waals surface area contributed by atoms with Crippen molar-refractivity contribution in [2.45, 2.75) is 25.3 Å². The van der Waals surface area contributed by atoms with Gasteiger partial charge in [-0.25, -0.2) is 9.18 Å². The summed E-state index contributed by atoms with van der Waals surface area (Å²) in [6.07, 6.45) is 2.71. The van der Waals surface area contributed by atoms with E-state index in [1.54, 1.807) is 6.07 Å². The number of carbonyl (C=O) groups excluding carboxylic acids is 2. The fraction of sp³-hybridized carbons (Fsp3) is 0.364. The van der Waals surface area contributed by atoms with Crippen molar-refractivity contribution >= 4 is 17.6 Å². The number of amides is 3. The summed E-state index contributed by atoms with van der Waals surface area (Å²) in [6.45, 7) is 2.08. The van der Waals surface area contributed by atoms with Crippen LogP contribution >= 0.6 is 0 Å². The molecule has 8 heteroatoms. The van der Waals surface area contributed by atoms with Crippen LogP contribution in [0.3, 0.4) is 0 Å². The smallest absolute Gasteiger partial charge is 0.326 e. The molecule has 158 valence electrons. The lowest BCUT2D eigenvalue weighted by molar-refractivity contribution is -0.121. The first-order valence-corrected chi connectivity index (χ1v) is 10.1. The molecule has 2 aromatic rings. The molecule has 2 aliphatic heterocycles. The number of ether oxygens (including phenoxy) is 2. The second kappa shape index (κ2) is 9.13. The van der Waals surface area contributed by atoms with Crippen molar-refractivity contribution < 1.29 is 23.5 Å². The van der Waals surface area contributed by atoms with E-state index in [0.29, 0.717) is 13.2 Å². The molecule has 1 saturated heterocycles. The van der Waals surface area contributed by atoms with Crippen molar-refractivity contribution in [1.82, 2.24) is 10.2 Å². The Morgan fingerprint density at radius 1 is 1.07 bits per heavy atom. The molecule has 0 aliphatic carbocycles. The van der Waals surface area contributed by atoms with E-state index in [1.165, 1.54) is 18.2 Å². The molecule has 2 N–H and O–H groups in total. The second-order valence-corrected chi connectivity index (χ2v) is 7.37. The predicted octanol–water partition coefficient (Wildman–Crippen LogP) is 3.47. The first-order valence-electron chi connectivity index (χ1n) is 10.1. The van der Waals surface area contributed by atoms with Gasteiger partial charge in [-0.15, -0.1) is 0 Å². The zero-order chi connectivity index (χ0) is 20.9. The van der Waals surface area contributed by atoms with Crippen LogP contribution in [0.2, 0.25) is 0 Å². The Hall–Kier alpha value is -3.13. The maximum absolute atomic E-state index is 13.6. The minimum atomic E-state index is -0.753. The SMILES string of the molecule is O=C(CN1CCC[C@H]1c1ccc2c(c1)OCCCO2)NC(=O)Nc1ccccc1F. The maximum Gasteiger partial charge on any atom is 0.326 e. The number of hydrogen-bond donors (Lipinski definition) is 2. The van der Waals surface area contributed by atoms with E-state index < -0.39 is 17.8 Å². The number of benzene rings is 2. The van der Waals surface area contributed by atoms with Crippen LogP contribution in [0.5, 0.6) is 11.5 Å². The average Bonchev–Trinajstić information content (AvgIpc) is 3.04. The molecule has 4 rings (SSSR count). The first kappa shape index (κ1) is 20.2. The summed E-state index contributed by atoms with van der Waals surface area (Å²) in [4.78, 5) is 26.5. The lowest BCUT2D eigenvalue weighted by Crippen LogP contribution is -2.41. The zero-order valence-electron chi connectivity index (χ0n) is 16.5. The van der Waals surface area contributed by atoms with Gasteiger partial charge in [-0.3, -0.25) is 15.0 Å². The van der Waals surface area contributed by atoms with Crippen molar-refractivity contribution in [3.05, 3.63) is 53.8 Å². The van der Waals surface area contributed by atoms with Crippen molar-refractivity contribution in [2.24, 2.45) is 0 Å². The fourth-order valence-electron chi connectivity index (χ4n) is 3.85. The third-order valence-corrected chi connectivity index (χ3v) is 5.24. The number of nitrogens with zero attached hydrogens (tertiary/aromatic N) is 1. The van der Waals surface area contributed by atoms with E-state index in [-0.39, 0.29) is 18.3 Å². The Kier molecular flexibility index (Phi) is 6.13. The molecule has 0 saturated carbocycles. The van der Waals surface area contributed by atoms with Crippen LogP contribution in [0.4, 0.5) is 14.9 Å². The highest BCUT2D eigenvalue weighted by Gasteiger charge is 2.29.